The standard InChI is InChI=1S/C26H29ClN2O4S/c1-16(30)26(2,3)31-15-18-12-22(29(28-18)14-17-6-4-5-7-21(17)27)24-13-23(32-19-8-9-19)25(34-24)33-20-10-11-20/h4-7,12-13,19-20H,8-11,14-15H2,1-3H3. The van der Waals surface area contributed by atoms with E-state index in [9.17, 15) is 4.79 Å². The van der Waals surface area contributed by atoms with Crippen LogP contribution in [0.2, 0.25) is 5.02 Å². The third-order valence-corrected chi connectivity index (χ3v) is 7.47. The molecule has 0 unspecified atom stereocenters. The van der Waals surface area contributed by atoms with E-state index in [1.54, 1.807) is 25.2 Å². The number of carbonyl (C=O) groups excluding carboxylic acids is 1. The van der Waals surface area contributed by atoms with Crippen LogP contribution >= 0.6 is 22.9 Å². The molecule has 2 aliphatic carbocycles. The van der Waals surface area contributed by atoms with E-state index in [-0.39, 0.29) is 18.5 Å². The Bertz CT molecular complexity index is 1160. The molecule has 34 heavy (non-hydrogen) atoms. The highest BCUT2D eigenvalue weighted by Gasteiger charge is 2.31. The number of nitrogens with zero attached hydrogens (tertiary/aromatic N) is 2. The zero-order valence-corrected chi connectivity index (χ0v) is 21.2. The summed E-state index contributed by atoms with van der Waals surface area (Å²) in [6.07, 6.45) is 4.94. The van der Waals surface area contributed by atoms with Gasteiger partial charge in [0, 0.05) is 11.1 Å². The van der Waals surface area contributed by atoms with Crippen molar-refractivity contribution in [3.8, 4) is 21.4 Å². The molecule has 0 radical (unpaired) electrons. The zero-order valence-electron chi connectivity index (χ0n) is 19.7. The largest absolute Gasteiger partial charge is 0.486 e. The minimum absolute atomic E-state index is 0.0230. The predicted molar refractivity (Wildman–Crippen MR) is 133 cm³/mol. The monoisotopic (exact) mass is 500 g/mol. The molecule has 2 aromatic heterocycles. The molecule has 2 saturated carbocycles. The molecule has 0 amide bonds. The second-order valence-electron chi connectivity index (χ2n) is 9.52. The van der Waals surface area contributed by atoms with Crippen LogP contribution < -0.4 is 9.47 Å². The molecule has 180 valence electrons. The quantitative estimate of drug-likeness (QED) is 0.310. The summed E-state index contributed by atoms with van der Waals surface area (Å²) in [5.74, 6) is 0.792. The van der Waals surface area contributed by atoms with Gasteiger partial charge in [0.15, 0.2) is 11.5 Å². The van der Waals surface area contributed by atoms with Gasteiger partial charge in [0.1, 0.15) is 11.7 Å². The number of Topliss-reactive ketones (excluding diaryl/α,β-unsaturated/α-hetero) is 1. The van der Waals surface area contributed by atoms with Crippen molar-refractivity contribution >= 4 is 28.7 Å². The first kappa shape index (κ1) is 23.4. The highest BCUT2D eigenvalue weighted by atomic mass is 35.5. The van der Waals surface area contributed by atoms with Crippen molar-refractivity contribution in [2.75, 3.05) is 0 Å². The minimum atomic E-state index is -0.869. The molecule has 2 fully saturated rings. The van der Waals surface area contributed by atoms with Crippen LogP contribution in [0, 0.1) is 0 Å². The third-order valence-electron chi connectivity index (χ3n) is 6.07. The predicted octanol–water partition coefficient (Wildman–Crippen LogP) is 6.28. The van der Waals surface area contributed by atoms with Crippen molar-refractivity contribution in [3.63, 3.8) is 0 Å². The molecular formula is C26H29ClN2O4S. The van der Waals surface area contributed by atoms with Gasteiger partial charge in [0.25, 0.3) is 0 Å². The molecule has 1 aromatic carbocycles. The molecule has 0 N–H and O–H groups in total. The smallest absolute Gasteiger partial charge is 0.217 e. The SMILES string of the molecule is CC(=O)C(C)(C)OCc1cc(-c2cc(OC3CC3)c(OC3CC3)s2)n(Cc2ccccc2Cl)n1. The lowest BCUT2D eigenvalue weighted by Gasteiger charge is -2.21. The maximum absolute atomic E-state index is 11.9. The van der Waals surface area contributed by atoms with Crippen LogP contribution in [0.15, 0.2) is 36.4 Å². The van der Waals surface area contributed by atoms with E-state index < -0.39 is 5.60 Å². The fourth-order valence-electron chi connectivity index (χ4n) is 3.35. The highest BCUT2D eigenvalue weighted by molar-refractivity contribution is 7.17. The molecule has 2 aliphatic rings. The minimum Gasteiger partial charge on any atom is -0.486 e. The fraction of sp³-hybridized carbons (Fsp3) is 0.462. The Morgan fingerprint density at radius 3 is 2.53 bits per heavy atom. The topological polar surface area (TPSA) is 62.6 Å². The van der Waals surface area contributed by atoms with Crippen LogP contribution in [0.4, 0.5) is 0 Å². The van der Waals surface area contributed by atoms with Gasteiger partial charge in [-0.2, -0.15) is 5.10 Å². The van der Waals surface area contributed by atoms with Crippen LogP contribution in [0.5, 0.6) is 10.8 Å². The summed E-state index contributed by atoms with van der Waals surface area (Å²) in [6.45, 7) is 5.84. The second kappa shape index (κ2) is 9.36. The van der Waals surface area contributed by atoms with Gasteiger partial charge < -0.3 is 14.2 Å². The summed E-state index contributed by atoms with van der Waals surface area (Å²) in [6, 6.07) is 11.8. The zero-order chi connectivity index (χ0) is 23.9. The molecule has 0 saturated heterocycles. The number of ether oxygens (including phenoxy) is 3. The van der Waals surface area contributed by atoms with Gasteiger partial charge in [-0.25, -0.2) is 0 Å². The van der Waals surface area contributed by atoms with Crippen LogP contribution in [0.25, 0.3) is 10.6 Å². The van der Waals surface area contributed by atoms with Crippen LogP contribution in [0.1, 0.15) is 57.7 Å². The number of benzene rings is 1. The van der Waals surface area contributed by atoms with Gasteiger partial charge >= 0.3 is 0 Å². The Morgan fingerprint density at radius 2 is 1.85 bits per heavy atom. The Balaban J connectivity index is 1.47. The van der Waals surface area contributed by atoms with Gasteiger partial charge in [-0.05, 0) is 64.2 Å². The van der Waals surface area contributed by atoms with Crippen molar-refractivity contribution in [2.45, 2.75) is 77.4 Å². The van der Waals surface area contributed by atoms with E-state index in [1.165, 1.54) is 6.92 Å². The van der Waals surface area contributed by atoms with Gasteiger partial charge in [-0.1, -0.05) is 41.1 Å². The second-order valence-corrected chi connectivity index (χ2v) is 10.9. The van der Waals surface area contributed by atoms with E-state index in [2.05, 4.69) is 6.07 Å². The Labute approximate surface area is 208 Å². The number of carbonyl (C=O) groups is 1. The number of hydrogen-bond donors (Lipinski definition) is 0. The van der Waals surface area contributed by atoms with Crippen molar-refractivity contribution < 1.29 is 19.0 Å². The van der Waals surface area contributed by atoms with Gasteiger partial charge in [-0.3, -0.25) is 9.48 Å². The normalized spacial score (nSPS) is 16.0. The molecule has 5 rings (SSSR count). The lowest BCUT2D eigenvalue weighted by atomic mass is 10.1. The number of aromatic nitrogens is 2. The lowest BCUT2D eigenvalue weighted by Crippen LogP contribution is -2.32. The van der Waals surface area contributed by atoms with Crippen LogP contribution in [0.3, 0.4) is 0 Å². The summed E-state index contributed by atoms with van der Waals surface area (Å²) < 4.78 is 20.2. The molecule has 6 nitrogen and oxygen atoms in total. The first-order chi connectivity index (χ1) is 16.3. The summed E-state index contributed by atoms with van der Waals surface area (Å²) >= 11 is 8.04. The average Bonchev–Trinajstić information content (AvgIpc) is 3.70. The van der Waals surface area contributed by atoms with E-state index in [1.807, 2.05) is 35.0 Å². The summed E-state index contributed by atoms with van der Waals surface area (Å²) in [5.41, 5.74) is 1.80. The highest BCUT2D eigenvalue weighted by Crippen LogP contribution is 2.47. The van der Waals surface area contributed by atoms with Crippen LogP contribution in [-0.2, 0) is 22.7 Å². The molecule has 0 aliphatic heterocycles. The van der Waals surface area contributed by atoms with Crippen LogP contribution in [-0.4, -0.2) is 33.4 Å². The van der Waals surface area contributed by atoms with E-state index in [0.29, 0.717) is 17.7 Å². The molecule has 0 atom stereocenters. The van der Waals surface area contributed by atoms with E-state index in [4.69, 9.17) is 30.9 Å². The number of thiophene rings is 1. The van der Waals surface area contributed by atoms with Crippen molar-refractivity contribution in [1.29, 1.82) is 0 Å². The number of halogens is 1. The van der Waals surface area contributed by atoms with Gasteiger partial charge in [-0.15, -0.1) is 0 Å². The molecule has 0 bridgehead atoms. The van der Waals surface area contributed by atoms with Crippen molar-refractivity contribution in [1.82, 2.24) is 9.78 Å². The Kier molecular flexibility index (Phi) is 6.44. The van der Waals surface area contributed by atoms with Gasteiger partial charge in [0.2, 0.25) is 5.06 Å². The Morgan fingerprint density at radius 1 is 1.15 bits per heavy atom. The fourth-order valence-corrected chi connectivity index (χ4v) is 4.58. The molecule has 2 heterocycles. The average molecular weight is 501 g/mol. The van der Waals surface area contributed by atoms with Crippen molar-refractivity contribution in [3.05, 3.63) is 52.7 Å². The number of rotatable bonds is 11. The summed E-state index contributed by atoms with van der Waals surface area (Å²) in [4.78, 5) is 12.9. The third kappa shape index (κ3) is 5.48. The summed E-state index contributed by atoms with van der Waals surface area (Å²) in [5, 5.41) is 6.35. The van der Waals surface area contributed by atoms with Crippen molar-refractivity contribution in [2.24, 2.45) is 0 Å². The van der Waals surface area contributed by atoms with Gasteiger partial charge in [0.05, 0.1) is 35.5 Å². The first-order valence-corrected chi connectivity index (χ1v) is 12.9. The molecule has 3 aromatic rings. The Hall–Kier alpha value is -2.35. The maximum Gasteiger partial charge on any atom is 0.217 e. The first-order valence-electron chi connectivity index (χ1n) is 11.7. The van der Waals surface area contributed by atoms with E-state index >= 15 is 0 Å². The van der Waals surface area contributed by atoms with E-state index in [0.717, 1.165) is 58.3 Å². The lowest BCUT2D eigenvalue weighted by molar-refractivity contribution is -0.139. The number of hydrogen-bond acceptors (Lipinski definition) is 6. The maximum atomic E-state index is 11.9. The molecule has 8 heteroatoms. The number of ketones is 1. The molecule has 0 spiro atoms. The molecular weight excluding hydrogens is 472 g/mol. The summed E-state index contributed by atoms with van der Waals surface area (Å²) in [7, 11) is 0.